The second-order valence-electron chi connectivity index (χ2n) is 4.47. The molecule has 0 aliphatic heterocycles. The van der Waals surface area contributed by atoms with Crippen molar-refractivity contribution in [1.29, 1.82) is 0 Å². The second kappa shape index (κ2) is 5.86. The number of nitrogens with zero attached hydrogens (tertiary/aromatic N) is 2. The van der Waals surface area contributed by atoms with Crippen LogP contribution in [0, 0.1) is 6.20 Å². The normalized spacial score (nSPS) is 11.7. The fourth-order valence-electron chi connectivity index (χ4n) is 1.87. The lowest BCUT2D eigenvalue weighted by atomic mass is 10.1. The van der Waals surface area contributed by atoms with Gasteiger partial charge in [0, 0.05) is 24.8 Å². The zero-order chi connectivity index (χ0) is 11.3. The molecule has 1 aromatic heterocycles. The van der Waals surface area contributed by atoms with E-state index >= 15 is 0 Å². The van der Waals surface area contributed by atoms with E-state index in [0.29, 0.717) is 12.1 Å². The number of rotatable bonds is 5. The van der Waals surface area contributed by atoms with E-state index in [1.165, 1.54) is 5.56 Å². The largest absolute Gasteiger partial charge is 0.298 e. The molecule has 0 unspecified atom stereocenters. The van der Waals surface area contributed by atoms with Gasteiger partial charge in [-0.2, -0.15) is 0 Å². The number of aromatic nitrogens is 1. The van der Waals surface area contributed by atoms with Gasteiger partial charge >= 0.3 is 0 Å². The third-order valence-electron chi connectivity index (χ3n) is 2.67. The Morgan fingerprint density at radius 1 is 1.27 bits per heavy atom. The molecule has 2 heteroatoms. The zero-order valence-corrected chi connectivity index (χ0v) is 10.2. The summed E-state index contributed by atoms with van der Waals surface area (Å²) in [5.41, 5.74) is 1.32. The molecule has 0 saturated carbocycles. The van der Waals surface area contributed by atoms with E-state index in [9.17, 15) is 0 Å². The van der Waals surface area contributed by atoms with Crippen molar-refractivity contribution in [3.63, 3.8) is 0 Å². The van der Waals surface area contributed by atoms with E-state index in [2.05, 4.69) is 49.8 Å². The molecule has 0 N–H and O–H groups in total. The van der Waals surface area contributed by atoms with Gasteiger partial charge in [-0.25, -0.2) is 0 Å². The van der Waals surface area contributed by atoms with E-state index in [4.69, 9.17) is 0 Å². The van der Waals surface area contributed by atoms with E-state index in [-0.39, 0.29) is 0 Å². The van der Waals surface area contributed by atoms with E-state index in [0.717, 1.165) is 13.0 Å². The molecule has 83 valence electrons. The van der Waals surface area contributed by atoms with Crippen LogP contribution in [-0.2, 0) is 6.42 Å². The third kappa shape index (κ3) is 4.00. The lowest BCUT2D eigenvalue weighted by Crippen LogP contribution is -2.38. The maximum absolute atomic E-state index is 3.90. The Balaban J connectivity index is 2.47. The molecule has 0 fully saturated rings. The van der Waals surface area contributed by atoms with E-state index in [1.54, 1.807) is 0 Å². The van der Waals surface area contributed by atoms with Gasteiger partial charge in [0.2, 0.25) is 0 Å². The predicted molar refractivity (Wildman–Crippen MR) is 63.8 cm³/mol. The molecule has 2 nitrogen and oxygen atoms in total. The monoisotopic (exact) mass is 205 g/mol. The first-order chi connectivity index (χ1) is 7.11. The van der Waals surface area contributed by atoms with Crippen LogP contribution in [0.4, 0.5) is 0 Å². The summed E-state index contributed by atoms with van der Waals surface area (Å²) in [6.45, 7) is 10.1. The molecular weight excluding hydrogens is 184 g/mol. The summed E-state index contributed by atoms with van der Waals surface area (Å²) in [7, 11) is 0. The highest BCUT2D eigenvalue weighted by molar-refractivity contribution is 5.09. The Bertz CT molecular complexity index is 259. The molecule has 0 saturated heterocycles. The SMILES string of the molecule is CC(C)N(CCc1c[c]ncc1)C(C)C. The first kappa shape index (κ1) is 12.2. The second-order valence-corrected chi connectivity index (χ2v) is 4.47. The molecule has 1 radical (unpaired) electrons. The van der Waals surface area contributed by atoms with Crippen molar-refractivity contribution in [2.24, 2.45) is 0 Å². The summed E-state index contributed by atoms with van der Waals surface area (Å²) in [5, 5.41) is 0. The van der Waals surface area contributed by atoms with Crippen LogP contribution in [0.15, 0.2) is 18.3 Å². The Labute approximate surface area is 93.3 Å². The van der Waals surface area contributed by atoms with Crippen molar-refractivity contribution in [2.45, 2.75) is 46.2 Å². The molecule has 0 atom stereocenters. The molecule has 0 amide bonds. The van der Waals surface area contributed by atoms with Crippen molar-refractivity contribution in [2.75, 3.05) is 6.54 Å². The average molecular weight is 205 g/mol. The Morgan fingerprint density at radius 3 is 2.40 bits per heavy atom. The number of hydrogen-bond donors (Lipinski definition) is 0. The predicted octanol–water partition coefficient (Wildman–Crippen LogP) is 2.54. The Morgan fingerprint density at radius 2 is 1.93 bits per heavy atom. The first-order valence-electron chi connectivity index (χ1n) is 5.68. The van der Waals surface area contributed by atoms with Gasteiger partial charge < -0.3 is 0 Å². The minimum absolute atomic E-state index is 0.607. The van der Waals surface area contributed by atoms with E-state index < -0.39 is 0 Å². The standard InChI is InChI=1S/C13H21N2/c1-11(2)15(12(3)4)10-7-13-5-8-14-9-6-13/h5-6,8,11-12H,7,10H2,1-4H3. The average Bonchev–Trinajstić information content (AvgIpc) is 2.18. The summed E-state index contributed by atoms with van der Waals surface area (Å²) in [5.74, 6) is 0. The van der Waals surface area contributed by atoms with Crippen LogP contribution < -0.4 is 0 Å². The fourth-order valence-corrected chi connectivity index (χ4v) is 1.87. The summed E-state index contributed by atoms with van der Waals surface area (Å²) in [4.78, 5) is 6.40. The highest BCUT2D eigenvalue weighted by atomic mass is 15.2. The summed E-state index contributed by atoms with van der Waals surface area (Å²) in [6, 6.07) is 5.25. The molecule has 0 aliphatic carbocycles. The van der Waals surface area contributed by atoms with Crippen molar-refractivity contribution in [1.82, 2.24) is 9.88 Å². The molecular formula is C13H21N2. The minimum Gasteiger partial charge on any atom is -0.298 e. The summed E-state index contributed by atoms with van der Waals surface area (Å²) in [6.07, 6.45) is 5.76. The number of pyridine rings is 1. The Hall–Kier alpha value is -0.890. The molecule has 1 aromatic rings. The lowest BCUT2D eigenvalue weighted by Gasteiger charge is -2.30. The summed E-state index contributed by atoms with van der Waals surface area (Å²) >= 11 is 0. The van der Waals surface area contributed by atoms with Crippen LogP contribution >= 0.6 is 0 Å². The van der Waals surface area contributed by atoms with Crippen molar-refractivity contribution in [3.8, 4) is 0 Å². The van der Waals surface area contributed by atoms with E-state index in [1.807, 2.05) is 12.3 Å². The fraction of sp³-hybridized carbons (Fsp3) is 0.615. The quantitative estimate of drug-likeness (QED) is 0.734. The highest BCUT2D eigenvalue weighted by Gasteiger charge is 2.12. The van der Waals surface area contributed by atoms with Gasteiger partial charge in [0.15, 0.2) is 0 Å². The van der Waals surface area contributed by atoms with Crippen LogP contribution in [0.25, 0.3) is 0 Å². The lowest BCUT2D eigenvalue weighted by molar-refractivity contribution is 0.177. The van der Waals surface area contributed by atoms with Gasteiger partial charge in [-0.3, -0.25) is 9.88 Å². The van der Waals surface area contributed by atoms with Gasteiger partial charge in [-0.15, -0.1) is 0 Å². The third-order valence-corrected chi connectivity index (χ3v) is 2.67. The number of hydrogen-bond acceptors (Lipinski definition) is 2. The molecule has 0 bridgehead atoms. The van der Waals surface area contributed by atoms with Gasteiger partial charge in [-0.05, 0) is 51.8 Å². The van der Waals surface area contributed by atoms with Crippen LogP contribution in [-0.4, -0.2) is 28.5 Å². The minimum atomic E-state index is 0.607. The highest BCUT2D eigenvalue weighted by Crippen LogP contribution is 2.07. The van der Waals surface area contributed by atoms with Crippen LogP contribution in [0.1, 0.15) is 33.3 Å². The zero-order valence-electron chi connectivity index (χ0n) is 10.2. The Kier molecular flexibility index (Phi) is 4.76. The molecule has 0 aliphatic rings. The van der Waals surface area contributed by atoms with Crippen LogP contribution in [0.5, 0.6) is 0 Å². The summed E-state index contributed by atoms with van der Waals surface area (Å²) < 4.78 is 0. The van der Waals surface area contributed by atoms with Crippen molar-refractivity contribution >= 4 is 0 Å². The molecule has 1 heterocycles. The first-order valence-corrected chi connectivity index (χ1v) is 5.68. The van der Waals surface area contributed by atoms with Gasteiger partial charge in [0.25, 0.3) is 0 Å². The molecule has 0 aromatic carbocycles. The smallest absolute Gasteiger partial charge is 0.0888 e. The molecule has 1 rings (SSSR count). The van der Waals surface area contributed by atoms with Crippen molar-refractivity contribution in [3.05, 3.63) is 30.1 Å². The van der Waals surface area contributed by atoms with Crippen LogP contribution in [0.2, 0.25) is 0 Å². The maximum atomic E-state index is 3.90. The van der Waals surface area contributed by atoms with Gasteiger partial charge in [-0.1, -0.05) is 0 Å². The maximum Gasteiger partial charge on any atom is 0.0888 e. The van der Waals surface area contributed by atoms with Gasteiger partial charge in [0.05, 0.1) is 6.20 Å². The van der Waals surface area contributed by atoms with Crippen molar-refractivity contribution < 1.29 is 0 Å². The van der Waals surface area contributed by atoms with Gasteiger partial charge in [0.1, 0.15) is 0 Å². The van der Waals surface area contributed by atoms with Crippen LogP contribution in [0.3, 0.4) is 0 Å². The molecule has 0 spiro atoms. The topological polar surface area (TPSA) is 16.1 Å². The molecule has 15 heavy (non-hydrogen) atoms.